The smallest absolute Gasteiger partial charge is 0.410 e. The number of piperazine rings is 1. The predicted octanol–water partition coefficient (Wildman–Crippen LogP) is 2.19. The quantitative estimate of drug-likeness (QED) is 0.613. The van der Waals surface area contributed by atoms with Crippen molar-refractivity contribution >= 4 is 17.6 Å². The van der Waals surface area contributed by atoms with E-state index in [0.29, 0.717) is 13.1 Å². The average Bonchev–Trinajstić information content (AvgIpc) is 3.05. The Labute approximate surface area is 134 Å². The lowest BCUT2D eigenvalue weighted by Gasteiger charge is -2.35. The summed E-state index contributed by atoms with van der Waals surface area (Å²) in [6.45, 7) is 6.87. The molecule has 0 aromatic carbocycles. The van der Waals surface area contributed by atoms with Crippen LogP contribution in [0.15, 0.2) is 18.3 Å². The number of likely N-dealkylation sites (tertiary alicyclic amines) is 1. The summed E-state index contributed by atoms with van der Waals surface area (Å²) in [6, 6.07) is 3.44. The van der Waals surface area contributed by atoms with Gasteiger partial charge in [-0.1, -0.05) is 0 Å². The Kier molecular flexibility index (Phi) is 3.62. The standard InChI is InChI=1S/C15H20N4O4/c1-15(2,3)23-14(20)18-9-11-6-12(18)8-17(11)10-4-5-13(16-7-10)19(21)22/h4-5,7,11-12H,6,8-9H2,1-3H3. The summed E-state index contributed by atoms with van der Waals surface area (Å²) in [5, 5.41) is 10.7. The number of carbonyl (C=O) groups is 1. The van der Waals surface area contributed by atoms with Gasteiger partial charge in [0.2, 0.25) is 0 Å². The van der Waals surface area contributed by atoms with Gasteiger partial charge in [0.15, 0.2) is 6.20 Å². The van der Waals surface area contributed by atoms with Crippen molar-refractivity contribution in [3.8, 4) is 0 Å². The Hall–Kier alpha value is -2.38. The number of ether oxygens (including phenoxy) is 1. The molecule has 124 valence electrons. The van der Waals surface area contributed by atoms with E-state index in [1.165, 1.54) is 12.3 Å². The monoisotopic (exact) mass is 320 g/mol. The van der Waals surface area contributed by atoms with Crippen LogP contribution in [0, 0.1) is 10.1 Å². The second-order valence-electron chi connectivity index (χ2n) is 6.96. The lowest BCUT2D eigenvalue weighted by atomic mass is 10.2. The number of aromatic nitrogens is 1. The van der Waals surface area contributed by atoms with Crippen LogP contribution in [-0.4, -0.2) is 51.7 Å². The maximum Gasteiger partial charge on any atom is 0.410 e. The fourth-order valence-corrected chi connectivity index (χ4v) is 3.18. The van der Waals surface area contributed by atoms with E-state index >= 15 is 0 Å². The number of hydrogen-bond acceptors (Lipinski definition) is 6. The molecule has 2 bridgehead atoms. The summed E-state index contributed by atoms with van der Waals surface area (Å²) >= 11 is 0. The van der Waals surface area contributed by atoms with Gasteiger partial charge in [0, 0.05) is 25.2 Å². The molecule has 0 aliphatic carbocycles. The van der Waals surface area contributed by atoms with Crippen LogP contribution in [0.25, 0.3) is 0 Å². The third-order valence-electron chi connectivity index (χ3n) is 4.12. The minimum absolute atomic E-state index is 0.116. The van der Waals surface area contributed by atoms with E-state index in [9.17, 15) is 14.9 Å². The Morgan fingerprint density at radius 1 is 1.35 bits per heavy atom. The highest BCUT2D eigenvalue weighted by Crippen LogP contribution is 2.35. The van der Waals surface area contributed by atoms with Crippen LogP contribution in [0.3, 0.4) is 0 Å². The molecule has 23 heavy (non-hydrogen) atoms. The van der Waals surface area contributed by atoms with Crippen LogP contribution in [0.1, 0.15) is 27.2 Å². The average molecular weight is 320 g/mol. The molecule has 2 aliphatic heterocycles. The van der Waals surface area contributed by atoms with Crippen LogP contribution in [-0.2, 0) is 4.74 Å². The molecular weight excluding hydrogens is 300 g/mol. The second kappa shape index (κ2) is 5.36. The van der Waals surface area contributed by atoms with Crippen molar-refractivity contribution in [1.29, 1.82) is 0 Å². The minimum atomic E-state index is -0.510. The van der Waals surface area contributed by atoms with Crippen molar-refractivity contribution in [3.63, 3.8) is 0 Å². The maximum absolute atomic E-state index is 12.2. The van der Waals surface area contributed by atoms with E-state index in [-0.39, 0.29) is 24.0 Å². The van der Waals surface area contributed by atoms with Crippen LogP contribution in [0.2, 0.25) is 0 Å². The molecule has 0 spiro atoms. The number of carbonyl (C=O) groups excluding carboxylic acids is 1. The first kappa shape index (κ1) is 15.5. The van der Waals surface area contributed by atoms with Gasteiger partial charge in [-0.2, -0.15) is 0 Å². The van der Waals surface area contributed by atoms with E-state index in [1.54, 1.807) is 11.0 Å². The van der Waals surface area contributed by atoms with Gasteiger partial charge < -0.3 is 24.7 Å². The van der Waals surface area contributed by atoms with E-state index in [4.69, 9.17) is 4.74 Å². The molecule has 1 aromatic heterocycles. The van der Waals surface area contributed by atoms with Crippen molar-refractivity contribution in [2.45, 2.75) is 44.9 Å². The summed E-state index contributed by atoms with van der Waals surface area (Å²) in [7, 11) is 0. The number of pyridine rings is 1. The first-order chi connectivity index (χ1) is 10.7. The second-order valence-corrected chi connectivity index (χ2v) is 6.96. The number of amides is 1. The molecule has 0 N–H and O–H groups in total. The van der Waals surface area contributed by atoms with Gasteiger partial charge in [0.25, 0.3) is 0 Å². The van der Waals surface area contributed by atoms with Crippen molar-refractivity contribution in [2.75, 3.05) is 18.0 Å². The molecule has 3 rings (SSSR count). The number of nitrogens with zero attached hydrogens (tertiary/aromatic N) is 4. The highest BCUT2D eigenvalue weighted by atomic mass is 16.6. The van der Waals surface area contributed by atoms with E-state index in [2.05, 4.69) is 9.88 Å². The number of fused-ring (bicyclic) bond motifs is 2. The minimum Gasteiger partial charge on any atom is -0.444 e. The van der Waals surface area contributed by atoms with E-state index < -0.39 is 10.5 Å². The number of nitro groups is 1. The summed E-state index contributed by atoms with van der Waals surface area (Å²) in [5.74, 6) is -0.159. The zero-order valence-electron chi connectivity index (χ0n) is 13.4. The number of hydrogen-bond donors (Lipinski definition) is 0. The highest BCUT2D eigenvalue weighted by molar-refractivity contribution is 5.70. The molecule has 0 saturated carbocycles. The molecule has 1 amide bonds. The molecular formula is C15H20N4O4. The van der Waals surface area contributed by atoms with Gasteiger partial charge in [-0.15, -0.1) is 0 Å². The first-order valence-electron chi connectivity index (χ1n) is 7.61. The summed E-state index contributed by atoms with van der Waals surface area (Å²) in [5.41, 5.74) is 0.355. The van der Waals surface area contributed by atoms with Crippen LogP contribution in [0.5, 0.6) is 0 Å². The summed E-state index contributed by atoms with van der Waals surface area (Å²) < 4.78 is 5.44. The van der Waals surface area contributed by atoms with E-state index in [0.717, 1.165) is 12.1 Å². The maximum atomic E-state index is 12.2. The van der Waals surface area contributed by atoms with Gasteiger partial charge in [0.05, 0.1) is 11.7 Å². The van der Waals surface area contributed by atoms with Gasteiger partial charge >= 0.3 is 11.9 Å². The van der Waals surface area contributed by atoms with Crippen molar-refractivity contribution in [2.24, 2.45) is 0 Å². The fraction of sp³-hybridized carbons (Fsp3) is 0.600. The lowest BCUT2D eigenvalue weighted by molar-refractivity contribution is -0.389. The molecule has 0 radical (unpaired) electrons. The third kappa shape index (κ3) is 3.06. The largest absolute Gasteiger partial charge is 0.444 e. The van der Waals surface area contributed by atoms with Crippen LogP contribution < -0.4 is 4.90 Å². The molecule has 2 aliphatic rings. The van der Waals surface area contributed by atoms with Crippen LogP contribution in [0.4, 0.5) is 16.3 Å². The molecule has 8 nitrogen and oxygen atoms in total. The summed E-state index contributed by atoms with van der Waals surface area (Å²) in [4.78, 5) is 30.2. The van der Waals surface area contributed by atoms with Crippen LogP contribution >= 0.6 is 0 Å². The van der Waals surface area contributed by atoms with Crippen molar-refractivity contribution in [3.05, 3.63) is 28.4 Å². The van der Waals surface area contributed by atoms with Crippen molar-refractivity contribution < 1.29 is 14.5 Å². The number of anilines is 1. The lowest BCUT2D eigenvalue weighted by Crippen LogP contribution is -2.50. The highest BCUT2D eigenvalue weighted by Gasteiger charge is 2.46. The Balaban J connectivity index is 1.66. The molecule has 8 heteroatoms. The fourth-order valence-electron chi connectivity index (χ4n) is 3.18. The van der Waals surface area contributed by atoms with Crippen molar-refractivity contribution in [1.82, 2.24) is 9.88 Å². The normalized spacial score (nSPS) is 23.3. The molecule has 2 atom stereocenters. The van der Waals surface area contributed by atoms with Gasteiger partial charge in [-0.25, -0.2) is 4.79 Å². The van der Waals surface area contributed by atoms with Gasteiger partial charge in [0.1, 0.15) is 5.60 Å². The predicted molar refractivity (Wildman–Crippen MR) is 83.4 cm³/mol. The first-order valence-corrected chi connectivity index (χ1v) is 7.61. The molecule has 2 unspecified atom stereocenters. The zero-order valence-corrected chi connectivity index (χ0v) is 13.4. The summed E-state index contributed by atoms with van der Waals surface area (Å²) in [6.07, 6.45) is 2.14. The zero-order chi connectivity index (χ0) is 16.8. The SMILES string of the molecule is CC(C)(C)OC(=O)N1CC2CC1CN2c1ccc([N+](=O)[O-])nc1. The molecule has 1 aromatic rings. The molecule has 3 heterocycles. The van der Waals surface area contributed by atoms with Gasteiger partial charge in [-0.3, -0.25) is 0 Å². The third-order valence-corrected chi connectivity index (χ3v) is 4.12. The topological polar surface area (TPSA) is 88.8 Å². The van der Waals surface area contributed by atoms with Gasteiger partial charge in [-0.05, 0) is 43.2 Å². The Morgan fingerprint density at radius 3 is 2.57 bits per heavy atom. The molecule has 2 fully saturated rings. The Bertz CT molecular complexity index is 625. The number of rotatable bonds is 2. The van der Waals surface area contributed by atoms with E-state index in [1.807, 2.05) is 20.8 Å². The molecule has 2 saturated heterocycles. The Morgan fingerprint density at radius 2 is 2.09 bits per heavy atom.